The number of ketones is 1. The van der Waals surface area contributed by atoms with Crippen molar-refractivity contribution < 1.29 is 18.7 Å². The van der Waals surface area contributed by atoms with E-state index in [-0.39, 0.29) is 0 Å². The molecule has 1 aromatic carbocycles. The minimum atomic E-state index is -1.63. The highest BCUT2D eigenvalue weighted by molar-refractivity contribution is 5.93. The first kappa shape index (κ1) is 20.6. The lowest BCUT2D eigenvalue weighted by atomic mass is 10.1. The molecule has 2 nitrogen and oxygen atoms in total. The van der Waals surface area contributed by atoms with E-state index >= 15 is 0 Å². The Morgan fingerprint density at radius 3 is 2.00 bits per heavy atom. The standard InChI is InChI=1S/C11H8F2O2.C3H8.C2H6/c1-7(14)5-6-10(15)11-8(12)3-2-4-9(11)13;1-3-2;1-2/h2-4,10,15H,1H3;3H2,1-2H3;1-2H3. The zero-order chi connectivity index (χ0) is 16.1. The summed E-state index contributed by atoms with van der Waals surface area (Å²) >= 11 is 0. The number of benzene rings is 1. The molecule has 20 heavy (non-hydrogen) atoms. The van der Waals surface area contributed by atoms with E-state index in [1.54, 1.807) is 0 Å². The van der Waals surface area contributed by atoms with E-state index in [2.05, 4.69) is 19.8 Å². The summed E-state index contributed by atoms with van der Waals surface area (Å²) in [5.41, 5.74) is -0.536. The van der Waals surface area contributed by atoms with Gasteiger partial charge in [-0.2, -0.15) is 0 Å². The fourth-order valence-electron chi connectivity index (χ4n) is 1.01. The van der Waals surface area contributed by atoms with Gasteiger partial charge in [0.1, 0.15) is 17.7 Å². The predicted molar refractivity (Wildman–Crippen MR) is 77.1 cm³/mol. The lowest BCUT2D eigenvalue weighted by molar-refractivity contribution is -0.111. The van der Waals surface area contributed by atoms with Gasteiger partial charge in [0, 0.05) is 6.92 Å². The van der Waals surface area contributed by atoms with Gasteiger partial charge in [0.25, 0.3) is 0 Å². The fraction of sp³-hybridized carbons (Fsp3) is 0.438. The van der Waals surface area contributed by atoms with Crippen molar-refractivity contribution in [3.05, 3.63) is 35.4 Å². The van der Waals surface area contributed by atoms with Crippen molar-refractivity contribution in [3.8, 4) is 11.8 Å². The van der Waals surface area contributed by atoms with Crippen LogP contribution < -0.4 is 0 Å². The minimum absolute atomic E-state index is 0.481. The van der Waals surface area contributed by atoms with Crippen molar-refractivity contribution in [2.75, 3.05) is 0 Å². The van der Waals surface area contributed by atoms with Crippen molar-refractivity contribution in [3.63, 3.8) is 0 Å². The van der Waals surface area contributed by atoms with Crippen LogP contribution in [0.1, 0.15) is 52.7 Å². The number of hydrogen-bond acceptors (Lipinski definition) is 2. The molecule has 0 aliphatic heterocycles. The lowest BCUT2D eigenvalue weighted by Crippen LogP contribution is -2.02. The molecule has 0 amide bonds. The van der Waals surface area contributed by atoms with Gasteiger partial charge in [-0.05, 0) is 18.1 Å². The van der Waals surface area contributed by atoms with Crippen molar-refractivity contribution in [2.45, 2.75) is 47.1 Å². The summed E-state index contributed by atoms with van der Waals surface area (Å²) < 4.78 is 26.1. The van der Waals surface area contributed by atoms with Gasteiger partial charge in [-0.1, -0.05) is 46.1 Å². The van der Waals surface area contributed by atoms with Crippen LogP contribution in [0.5, 0.6) is 0 Å². The third kappa shape index (κ3) is 8.39. The molecule has 1 aromatic rings. The highest BCUT2D eigenvalue weighted by Crippen LogP contribution is 2.19. The van der Waals surface area contributed by atoms with E-state index < -0.39 is 29.1 Å². The van der Waals surface area contributed by atoms with Crippen LogP contribution in [-0.2, 0) is 4.79 Å². The summed E-state index contributed by atoms with van der Waals surface area (Å²) in [5.74, 6) is 1.82. The van der Waals surface area contributed by atoms with Crippen LogP contribution in [0.25, 0.3) is 0 Å². The minimum Gasteiger partial charge on any atom is -0.376 e. The van der Waals surface area contributed by atoms with Crippen LogP contribution in [0.15, 0.2) is 18.2 Å². The van der Waals surface area contributed by atoms with E-state index in [0.29, 0.717) is 0 Å². The number of carbonyl (C=O) groups is 1. The normalized spacial score (nSPS) is 9.80. The number of aliphatic hydroxyl groups is 1. The molecule has 0 aromatic heterocycles. The Hall–Kier alpha value is -1.73. The third-order valence-electron chi connectivity index (χ3n) is 1.66. The second-order valence-corrected chi connectivity index (χ2v) is 3.57. The highest BCUT2D eigenvalue weighted by atomic mass is 19.1. The molecule has 112 valence electrons. The molecule has 0 heterocycles. The van der Waals surface area contributed by atoms with E-state index in [1.165, 1.54) is 19.4 Å². The first-order valence-electron chi connectivity index (χ1n) is 6.58. The molecule has 0 bridgehead atoms. The highest BCUT2D eigenvalue weighted by Gasteiger charge is 2.15. The monoisotopic (exact) mass is 284 g/mol. The Morgan fingerprint density at radius 2 is 1.65 bits per heavy atom. The molecule has 0 aliphatic carbocycles. The predicted octanol–water partition coefficient (Wildman–Crippen LogP) is 4.03. The summed E-state index contributed by atoms with van der Waals surface area (Å²) in [6.07, 6.45) is -0.380. The van der Waals surface area contributed by atoms with Gasteiger partial charge in [0.15, 0.2) is 0 Å². The summed E-state index contributed by atoms with van der Waals surface area (Å²) in [7, 11) is 0. The van der Waals surface area contributed by atoms with Crippen LogP contribution in [0.3, 0.4) is 0 Å². The summed E-state index contributed by atoms with van der Waals surface area (Å²) in [6.45, 7) is 9.44. The molecular weight excluding hydrogens is 262 g/mol. The zero-order valence-electron chi connectivity index (χ0n) is 12.6. The van der Waals surface area contributed by atoms with Crippen molar-refractivity contribution in [2.24, 2.45) is 0 Å². The van der Waals surface area contributed by atoms with Crippen LogP contribution in [0, 0.1) is 23.5 Å². The molecular formula is C16H22F2O2. The Morgan fingerprint density at radius 1 is 1.25 bits per heavy atom. The average molecular weight is 284 g/mol. The van der Waals surface area contributed by atoms with E-state index in [0.717, 1.165) is 12.1 Å². The first-order valence-corrected chi connectivity index (χ1v) is 6.58. The van der Waals surface area contributed by atoms with Gasteiger partial charge >= 0.3 is 0 Å². The van der Waals surface area contributed by atoms with Crippen molar-refractivity contribution >= 4 is 5.78 Å². The Kier molecular flexibility index (Phi) is 12.7. The Balaban J connectivity index is 0. The number of aliphatic hydroxyl groups excluding tert-OH is 1. The molecule has 1 unspecified atom stereocenters. The van der Waals surface area contributed by atoms with Crippen molar-refractivity contribution in [1.29, 1.82) is 0 Å². The SMILES string of the molecule is CC.CC(=O)C#CC(O)c1c(F)cccc1F.CCC. The zero-order valence-corrected chi connectivity index (χ0v) is 12.6. The largest absolute Gasteiger partial charge is 0.376 e. The maximum Gasteiger partial charge on any atom is 0.202 e. The number of hydrogen-bond donors (Lipinski definition) is 1. The van der Waals surface area contributed by atoms with E-state index in [9.17, 15) is 18.7 Å². The molecule has 0 radical (unpaired) electrons. The Bertz CT molecular complexity index is 439. The first-order chi connectivity index (χ1) is 9.43. The van der Waals surface area contributed by atoms with Gasteiger partial charge < -0.3 is 5.11 Å². The smallest absolute Gasteiger partial charge is 0.202 e. The molecule has 1 N–H and O–H groups in total. The molecule has 0 saturated heterocycles. The van der Waals surface area contributed by atoms with Crippen LogP contribution >= 0.6 is 0 Å². The van der Waals surface area contributed by atoms with Crippen molar-refractivity contribution in [1.82, 2.24) is 0 Å². The summed E-state index contributed by atoms with van der Waals surface area (Å²) in [5, 5.41) is 9.33. The molecule has 1 atom stereocenters. The number of Topliss-reactive ketones (excluding diaryl/α,β-unsaturated/α-hetero) is 1. The molecule has 0 saturated carbocycles. The third-order valence-corrected chi connectivity index (χ3v) is 1.66. The van der Waals surface area contributed by atoms with Gasteiger partial charge in [0.05, 0.1) is 5.56 Å². The summed E-state index contributed by atoms with van der Waals surface area (Å²) in [6, 6.07) is 3.20. The maximum absolute atomic E-state index is 13.1. The van der Waals surface area contributed by atoms with Gasteiger partial charge in [-0.3, -0.25) is 4.79 Å². The van der Waals surface area contributed by atoms with Crippen LogP contribution in [0.4, 0.5) is 8.78 Å². The number of halogens is 2. The summed E-state index contributed by atoms with van der Waals surface area (Å²) in [4.78, 5) is 10.5. The van der Waals surface area contributed by atoms with Gasteiger partial charge in [-0.25, -0.2) is 8.78 Å². The maximum atomic E-state index is 13.1. The van der Waals surface area contributed by atoms with Gasteiger partial charge in [0.2, 0.25) is 5.78 Å². The number of rotatable bonds is 1. The van der Waals surface area contributed by atoms with E-state index in [4.69, 9.17) is 0 Å². The molecule has 0 spiro atoms. The lowest BCUT2D eigenvalue weighted by Gasteiger charge is -2.05. The molecule has 4 heteroatoms. The van der Waals surface area contributed by atoms with Crippen LogP contribution in [0.2, 0.25) is 0 Å². The Labute approximate surface area is 119 Å². The topological polar surface area (TPSA) is 37.3 Å². The quantitative estimate of drug-likeness (QED) is 0.624. The fourth-order valence-corrected chi connectivity index (χ4v) is 1.01. The van der Waals surface area contributed by atoms with Crippen LogP contribution in [-0.4, -0.2) is 10.9 Å². The van der Waals surface area contributed by atoms with E-state index in [1.807, 2.05) is 19.8 Å². The van der Waals surface area contributed by atoms with Gasteiger partial charge in [-0.15, -0.1) is 0 Å². The molecule has 1 rings (SSSR count). The second kappa shape index (κ2) is 12.3. The molecule has 0 aliphatic rings. The average Bonchev–Trinajstić information content (AvgIpc) is 2.39. The molecule has 0 fully saturated rings. The second-order valence-electron chi connectivity index (χ2n) is 3.57. The number of carbonyl (C=O) groups excluding carboxylic acids is 1.